The number of esters is 1. The van der Waals surface area contributed by atoms with Crippen molar-refractivity contribution in [2.24, 2.45) is 5.41 Å². The Morgan fingerprint density at radius 1 is 1.02 bits per heavy atom. The minimum atomic E-state index is -0.350. The van der Waals surface area contributed by atoms with Gasteiger partial charge in [0.2, 0.25) is 0 Å². The van der Waals surface area contributed by atoms with Crippen LogP contribution in [0.4, 0.5) is 5.69 Å². The van der Waals surface area contributed by atoms with Gasteiger partial charge >= 0.3 is 5.97 Å². The number of aromatic amines is 1. The van der Waals surface area contributed by atoms with E-state index in [9.17, 15) is 4.79 Å². The molecule has 2 aromatic heterocycles. The van der Waals surface area contributed by atoms with Gasteiger partial charge in [0.1, 0.15) is 17.1 Å². The highest BCUT2D eigenvalue weighted by Crippen LogP contribution is 2.43. The summed E-state index contributed by atoms with van der Waals surface area (Å²) >= 11 is 6.20. The third kappa shape index (κ3) is 6.18. The molecular formula is C34H37ClN4O3. The summed E-state index contributed by atoms with van der Waals surface area (Å²) in [6, 6.07) is 17.8. The SMILES string of the molecule is COC(=O)c1ccc(Oc2cnc3[nH]ccc3c2)cc1N1CCN(CC2=C(c3ccc(Cl)cc3)CC(C)(C)CC2)CC1. The summed E-state index contributed by atoms with van der Waals surface area (Å²) in [6.45, 7) is 9.11. The third-order valence-electron chi connectivity index (χ3n) is 8.49. The molecule has 0 radical (unpaired) electrons. The molecular weight excluding hydrogens is 548 g/mol. The molecule has 0 amide bonds. The van der Waals surface area contributed by atoms with Crippen LogP contribution in [0.15, 0.2) is 72.6 Å². The summed E-state index contributed by atoms with van der Waals surface area (Å²) in [5.41, 5.74) is 6.76. The fraction of sp³-hybridized carbons (Fsp3) is 0.353. The Morgan fingerprint density at radius 3 is 2.57 bits per heavy atom. The lowest BCUT2D eigenvalue weighted by Gasteiger charge is -2.39. The van der Waals surface area contributed by atoms with Crippen molar-refractivity contribution in [3.63, 3.8) is 0 Å². The topological polar surface area (TPSA) is 70.7 Å². The molecule has 6 rings (SSSR count). The second kappa shape index (κ2) is 11.8. The highest BCUT2D eigenvalue weighted by molar-refractivity contribution is 6.30. The average molecular weight is 585 g/mol. The predicted molar refractivity (Wildman–Crippen MR) is 169 cm³/mol. The lowest BCUT2D eigenvalue weighted by atomic mass is 9.72. The normalized spacial score (nSPS) is 17.5. The molecule has 1 saturated heterocycles. The molecule has 0 unspecified atom stereocenters. The van der Waals surface area contributed by atoms with Gasteiger partial charge in [-0.05, 0) is 72.2 Å². The number of hydrogen-bond donors (Lipinski definition) is 1. The number of piperazine rings is 1. The van der Waals surface area contributed by atoms with Crippen molar-refractivity contribution in [3.8, 4) is 11.5 Å². The van der Waals surface area contributed by atoms with Crippen molar-refractivity contribution in [2.45, 2.75) is 33.1 Å². The van der Waals surface area contributed by atoms with Crippen molar-refractivity contribution in [1.29, 1.82) is 0 Å². The monoisotopic (exact) mass is 584 g/mol. The number of H-pyrrole nitrogens is 1. The molecule has 0 atom stereocenters. The number of allylic oxidation sites excluding steroid dienone is 1. The van der Waals surface area contributed by atoms with E-state index in [1.54, 1.807) is 12.3 Å². The number of nitrogens with one attached hydrogen (secondary N) is 1. The van der Waals surface area contributed by atoms with Crippen LogP contribution in [0.1, 0.15) is 49.0 Å². The molecule has 2 aromatic carbocycles. The van der Waals surface area contributed by atoms with Gasteiger partial charge in [-0.25, -0.2) is 9.78 Å². The molecule has 218 valence electrons. The number of benzene rings is 2. The molecule has 0 bridgehead atoms. The minimum absolute atomic E-state index is 0.290. The van der Waals surface area contributed by atoms with E-state index in [4.69, 9.17) is 21.1 Å². The second-order valence-corrected chi connectivity index (χ2v) is 12.5. The highest BCUT2D eigenvalue weighted by atomic mass is 35.5. The molecule has 0 saturated carbocycles. The van der Waals surface area contributed by atoms with E-state index in [2.05, 4.69) is 45.7 Å². The predicted octanol–water partition coefficient (Wildman–Crippen LogP) is 7.58. The van der Waals surface area contributed by atoms with E-state index < -0.39 is 0 Å². The van der Waals surface area contributed by atoms with Crippen LogP contribution in [0, 0.1) is 5.41 Å². The number of ether oxygens (including phenoxy) is 2. The largest absolute Gasteiger partial charge is 0.465 e. The average Bonchev–Trinajstić information content (AvgIpc) is 3.46. The van der Waals surface area contributed by atoms with Crippen molar-refractivity contribution in [2.75, 3.05) is 44.7 Å². The molecule has 0 spiro atoms. The minimum Gasteiger partial charge on any atom is -0.465 e. The van der Waals surface area contributed by atoms with Crippen molar-refractivity contribution >= 4 is 39.9 Å². The number of methoxy groups -OCH3 is 1. The summed E-state index contributed by atoms with van der Waals surface area (Å²) in [4.78, 5) is 25.0. The van der Waals surface area contributed by atoms with Gasteiger partial charge in [0.25, 0.3) is 0 Å². The van der Waals surface area contributed by atoms with Crippen LogP contribution in [0.2, 0.25) is 5.02 Å². The van der Waals surface area contributed by atoms with Gasteiger partial charge in [-0.2, -0.15) is 0 Å². The number of halogens is 1. The van der Waals surface area contributed by atoms with Crippen LogP contribution in [0.25, 0.3) is 16.6 Å². The number of anilines is 1. The Morgan fingerprint density at radius 2 is 1.81 bits per heavy atom. The number of carbonyl (C=O) groups is 1. The van der Waals surface area contributed by atoms with Crippen molar-refractivity contribution in [1.82, 2.24) is 14.9 Å². The molecule has 4 aromatic rings. The number of pyridine rings is 1. The molecule has 1 aliphatic carbocycles. The number of fused-ring (bicyclic) bond motifs is 1. The maximum Gasteiger partial charge on any atom is 0.339 e. The first-order valence-electron chi connectivity index (χ1n) is 14.6. The first-order valence-corrected chi connectivity index (χ1v) is 14.9. The van der Waals surface area contributed by atoms with E-state index in [1.165, 1.54) is 30.2 Å². The van der Waals surface area contributed by atoms with Gasteiger partial charge in [-0.3, -0.25) is 4.90 Å². The summed E-state index contributed by atoms with van der Waals surface area (Å²) in [5, 5.41) is 1.75. The van der Waals surface area contributed by atoms with Crippen LogP contribution < -0.4 is 9.64 Å². The van der Waals surface area contributed by atoms with E-state index in [0.717, 1.165) is 67.3 Å². The number of hydrogen-bond acceptors (Lipinski definition) is 6. The zero-order chi connectivity index (χ0) is 29.3. The van der Waals surface area contributed by atoms with Crippen LogP contribution >= 0.6 is 11.6 Å². The zero-order valence-electron chi connectivity index (χ0n) is 24.5. The molecule has 7 nitrogen and oxygen atoms in total. The van der Waals surface area contributed by atoms with Gasteiger partial charge < -0.3 is 19.4 Å². The van der Waals surface area contributed by atoms with Crippen molar-refractivity contribution in [3.05, 3.63) is 88.7 Å². The van der Waals surface area contributed by atoms with E-state index >= 15 is 0 Å². The van der Waals surface area contributed by atoms with Crippen LogP contribution in [0.3, 0.4) is 0 Å². The Kier molecular flexibility index (Phi) is 7.97. The first kappa shape index (κ1) is 28.3. The number of rotatable bonds is 7. The quantitative estimate of drug-likeness (QED) is 0.226. The lowest BCUT2D eigenvalue weighted by molar-refractivity contribution is 0.0601. The van der Waals surface area contributed by atoms with Gasteiger partial charge in [0, 0.05) is 55.4 Å². The smallest absolute Gasteiger partial charge is 0.339 e. The van der Waals surface area contributed by atoms with Gasteiger partial charge in [0.15, 0.2) is 0 Å². The standard InChI is InChI=1S/C34H37ClN4O3/c1-34(2)12-10-25(30(20-34)23-4-6-26(35)7-5-23)22-38-14-16-39(17-15-38)31-19-27(8-9-29(31)33(40)41-3)42-28-18-24-11-13-36-32(24)37-21-28/h4-9,11,13,18-19,21H,10,12,14-17,20,22H2,1-3H3,(H,36,37). The summed E-state index contributed by atoms with van der Waals surface area (Å²) in [5.74, 6) is 0.945. The molecule has 1 N–H and O–H groups in total. The maximum absolute atomic E-state index is 12.7. The third-order valence-corrected chi connectivity index (χ3v) is 8.74. The second-order valence-electron chi connectivity index (χ2n) is 12.1. The zero-order valence-corrected chi connectivity index (χ0v) is 25.2. The Balaban J connectivity index is 1.19. The number of nitrogens with zero attached hydrogens (tertiary/aromatic N) is 3. The maximum atomic E-state index is 12.7. The Hall–Kier alpha value is -3.81. The first-order chi connectivity index (χ1) is 20.3. The van der Waals surface area contributed by atoms with Crippen molar-refractivity contribution < 1.29 is 14.3 Å². The van der Waals surface area contributed by atoms with Crippen LogP contribution in [0.5, 0.6) is 11.5 Å². The van der Waals surface area contributed by atoms with E-state index in [-0.39, 0.29) is 11.4 Å². The fourth-order valence-corrected chi connectivity index (χ4v) is 6.24. The molecule has 42 heavy (non-hydrogen) atoms. The molecule has 1 aliphatic heterocycles. The molecule has 8 heteroatoms. The van der Waals surface area contributed by atoms with E-state index in [0.29, 0.717) is 17.1 Å². The Bertz CT molecular complexity index is 1620. The summed E-state index contributed by atoms with van der Waals surface area (Å²) in [6.07, 6.45) is 6.94. The summed E-state index contributed by atoms with van der Waals surface area (Å²) < 4.78 is 11.3. The lowest BCUT2D eigenvalue weighted by Crippen LogP contribution is -2.47. The van der Waals surface area contributed by atoms with Gasteiger partial charge in [0.05, 0.1) is 24.6 Å². The van der Waals surface area contributed by atoms with E-state index in [1.807, 2.05) is 42.6 Å². The number of carbonyl (C=O) groups excluding carboxylic acids is 1. The summed E-state index contributed by atoms with van der Waals surface area (Å²) in [7, 11) is 1.42. The van der Waals surface area contributed by atoms with Crippen LogP contribution in [-0.4, -0.2) is 60.7 Å². The fourth-order valence-electron chi connectivity index (χ4n) is 6.11. The molecule has 2 aliphatic rings. The molecule has 3 heterocycles. The molecule has 1 fully saturated rings. The van der Waals surface area contributed by atoms with Gasteiger partial charge in [-0.15, -0.1) is 0 Å². The Labute approximate surface area is 252 Å². The highest BCUT2D eigenvalue weighted by Gasteiger charge is 2.30. The van der Waals surface area contributed by atoms with Crippen LogP contribution in [-0.2, 0) is 4.74 Å². The van der Waals surface area contributed by atoms with Gasteiger partial charge in [-0.1, -0.05) is 43.2 Å². The number of aromatic nitrogens is 2.